The molecule has 0 bridgehead atoms. The Balaban J connectivity index is 1.66. The highest BCUT2D eigenvalue weighted by Crippen LogP contribution is 2.39. The molecule has 1 fully saturated rings. The fraction of sp³-hybridized carbons (Fsp3) is 0.304. The van der Waals surface area contributed by atoms with Gasteiger partial charge in [0.1, 0.15) is 12.4 Å². The fourth-order valence-electron chi connectivity index (χ4n) is 3.96. The Morgan fingerprint density at radius 1 is 1.23 bits per heavy atom. The molecule has 160 valence electrons. The third-order valence-electron chi connectivity index (χ3n) is 5.56. The van der Waals surface area contributed by atoms with Crippen LogP contribution in [0.3, 0.4) is 0 Å². The van der Waals surface area contributed by atoms with Crippen molar-refractivity contribution in [1.29, 1.82) is 5.26 Å². The van der Waals surface area contributed by atoms with Gasteiger partial charge in [-0.05, 0) is 55.3 Å². The van der Waals surface area contributed by atoms with Crippen molar-refractivity contribution in [3.05, 3.63) is 65.4 Å². The molecular formula is C23H23N3O4S. The molecule has 2 heterocycles. The first-order chi connectivity index (χ1) is 14.7. The summed E-state index contributed by atoms with van der Waals surface area (Å²) in [6.07, 6.45) is 1.83. The number of benzene rings is 2. The lowest BCUT2D eigenvalue weighted by molar-refractivity contribution is 0.136. The van der Waals surface area contributed by atoms with Gasteiger partial charge in [0.25, 0.3) is 0 Å². The Hall–Kier alpha value is -3.15. The number of hydrogen-bond acceptors (Lipinski definition) is 7. The maximum absolute atomic E-state index is 12.3. The van der Waals surface area contributed by atoms with Crippen molar-refractivity contribution >= 4 is 26.4 Å². The molecule has 2 aromatic carbocycles. The average Bonchev–Trinajstić information content (AvgIpc) is 3.14. The van der Waals surface area contributed by atoms with Gasteiger partial charge in [0.15, 0.2) is 9.84 Å². The molecule has 1 aliphatic rings. The first kappa shape index (κ1) is 21.1. The molecule has 4 rings (SSSR count). The Bertz CT molecular complexity index is 1280. The van der Waals surface area contributed by atoms with Gasteiger partial charge in [0, 0.05) is 30.3 Å². The van der Waals surface area contributed by atoms with Crippen molar-refractivity contribution in [3.63, 3.8) is 0 Å². The van der Waals surface area contributed by atoms with Crippen LogP contribution in [0.25, 0.3) is 10.9 Å². The number of rotatable bonds is 5. The monoisotopic (exact) mass is 437 g/mol. The summed E-state index contributed by atoms with van der Waals surface area (Å²) < 4.78 is 30.5. The van der Waals surface area contributed by atoms with E-state index in [1.54, 1.807) is 29.2 Å². The van der Waals surface area contributed by atoms with Crippen molar-refractivity contribution in [2.45, 2.75) is 31.4 Å². The van der Waals surface area contributed by atoms with Crippen LogP contribution in [0, 0.1) is 18.3 Å². The van der Waals surface area contributed by atoms with E-state index in [1.165, 1.54) is 0 Å². The second-order valence-corrected chi connectivity index (χ2v) is 10.0. The molecule has 0 spiro atoms. The lowest BCUT2D eigenvalue weighted by atomic mass is 10.1. The van der Waals surface area contributed by atoms with Crippen molar-refractivity contribution in [2.24, 2.45) is 0 Å². The zero-order valence-corrected chi connectivity index (χ0v) is 18.2. The van der Waals surface area contributed by atoms with Gasteiger partial charge in [-0.15, -0.1) is 0 Å². The van der Waals surface area contributed by atoms with Crippen LogP contribution >= 0.6 is 0 Å². The van der Waals surface area contributed by atoms with Gasteiger partial charge in [-0.25, -0.2) is 8.42 Å². The molecule has 0 aliphatic carbocycles. The van der Waals surface area contributed by atoms with E-state index >= 15 is 0 Å². The minimum Gasteiger partial charge on any atom is -0.489 e. The van der Waals surface area contributed by atoms with Gasteiger partial charge >= 0.3 is 0 Å². The van der Waals surface area contributed by atoms with E-state index in [1.807, 2.05) is 31.2 Å². The molecule has 1 N–H and O–H groups in total. The first-order valence-corrected chi connectivity index (χ1v) is 11.8. The summed E-state index contributed by atoms with van der Waals surface area (Å²) >= 11 is 0. The van der Waals surface area contributed by atoms with Gasteiger partial charge in [-0.3, -0.25) is 4.98 Å². The zero-order chi connectivity index (χ0) is 22.2. The van der Waals surface area contributed by atoms with Gasteiger partial charge in [-0.1, -0.05) is 12.1 Å². The molecule has 7 nitrogen and oxygen atoms in total. The lowest BCUT2D eigenvalue weighted by Crippen LogP contribution is -2.50. The van der Waals surface area contributed by atoms with Crippen LogP contribution in [0.4, 0.5) is 5.69 Å². The van der Waals surface area contributed by atoms with Gasteiger partial charge in [0.2, 0.25) is 5.06 Å². The molecule has 1 aromatic heterocycles. The van der Waals surface area contributed by atoms with Crippen molar-refractivity contribution in [2.75, 3.05) is 17.7 Å². The van der Waals surface area contributed by atoms with Crippen LogP contribution in [-0.4, -0.2) is 36.4 Å². The number of anilines is 1. The first-order valence-electron chi connectivity index (χ1n) is 9.94. The molecule has 8 heteroatoms. The smallest absolute Gasteiger partial charge is 0.242 e. The molecule has 1 atom stereocenters. The van der Waals surface area contributed by atoms with Crippen LogP contribution in [0.1, 0.15) is 29.7 Å². The van der Waals surface area contributed by atoms with Crippen molar-refractivity contribution in [3.8, 4) is 11.8 Å². The Morgan fingerprint density at radius 3 is 2.65 bits per heavy atom. The summed E-state index contributed by atoms with van der Waals surface area (Å²) in [6, 6.07) is 16.5. The van der Waals surface area contributed by atoms with E-state index in [-0.39, 0.29) is 6.42 Å². The van der Waals surface area contributed by atoms with Crippen molar-refractivity contribution in [1.82, 2.24) is 4.98 Å². The second kappa shape index (κ2) is 7.84. The maximum Gasteiger partial charge on any atom is 0.242 e. The molecule has 0 amide bonds. The highest BCUT2D eigenvalue weighted by atomic mass is 32.2. The maximum atomic E-state index is 12.3. The SMILES string of the molecule is Cc1cc(N2CCC[C@]2(O)S(C)(=O)=O)c2ccc(COc3ccc(C#N)cc3)cc2n1. The van der Waals surface area contributed by atoms with Crippen LogP contribution in [0.2, 0.25) is 0 Å². The van der Waals surface area contributed by atoms with E-state index < -0.39 is 14.9 Å². The van der Waals surface area contributed by atoms with Crippen LogP contribution in [-0.2, 0) is 16.4 Å². The summed E-state index contributed by atoms with van der Waals surface area (Å²) in [5, 5.41) is 18.7. The predicted octanol–water partition coefficient (Wildman–Crippen LogP) is 3.28. The number of ether oxygens (including phenoxy) is 1. The zero-order valence-electron chi connectivity index (χ0n) is 17.4. The van der Waals surface area contributed by atoms with E-state index in [4.69, 9.17) is 10.00 Å². The van der Waals surface area contributed by atoms with Crippen molar-refractivity contribution < 1.29 is 18.3 Å². The van der Waals surface area contributed by atoms with E-state index in [2.05, 4.69) is 11.1 Å². The minimum atomic E-state index is -3.71. The number of aryl methyl sites for hydroxylation is 1. The molecule has 1 aliphatic heterocycles. The normalized spacial score (nSPS) is 18.8. The summed E-state index contributed by atoms with van der Waals surface area (Å²) in [6.45, 7) is 2.62. The third kappa shape index (κ3) is 3.94. The highest BCUT2D eigenvalue weighted by Gasteiger charge is 2.48. The van der Waals surface area contributed by atoms with Crippen LogP contribution in [0.5, 0.6) is 5.75 Å². The summed E-state index contributed by atoms with van der Waals surface area (Å²) in [4.78, 5) is 6.18. The topological polar surface area (TPSA) is 104 Å². The van der Waals surface area contributed by atoms with E-state index in [9.17, 15) is 13.5 Å². The lowest BCUT2D eigenvalue weighted by Gasteiger charge is -2.34. The van der Waals surface area contributed by atoms with Crippen LogP contribution in [0.15, 0.2) is 48.5 Å². The second-order valence-electron chi connectivity index (χ2n) is 7.83. The summed E-state index contributed by atoms with van der Waals surface area (Å²) in [5.41, 5.74) is 3.57. The van der Waals surface area contributed by atoms with E-state index in [0.717, 1.165) is 22.9 Å². The molecule has 0 radical (unpaired) electrons. The number of hydrogen-bond donors (Lipinski definition) is 1. The number of aromatic nitrogens is 1. The summed E-state index contributed by atoms with van der Waals surface area (Å²) in [5.74, 6) is 0.660. The molecule has 31 heavy (non-hydrogen) atoms. The Morgan fingerprint density at radius 2 is 1.97 bits per heavy atom. The third-order valence-corrected chi connectivity index (χ3v) is 7.17. The number of nitriles is 1. The minimum absolute atomic E-state index is 0.172. The number of pyridine rings is 1. The molecule has 3 aromatic rings. The standard InChI is InChI=1S/C23H23N3O4S/c1-16-12-22(26-11-3-10-23(26,27)31(2,28)29)20-9-6-18(13-21(20)25-16)15-30-19-7-4-17(14-24)5-8-19/h4-9,12-13,27H,3,10-11,15H2,1-2H3/t23-/m0/s1. The predicted molar refractivity (Wildman–Crippen MR) is 118 cm³/mol. The molecule has 0 unspecified atom stereocenters. The van der Waals surface area contributed by atoms with Crippen LogP contribution < -0.4 is 9.64 Å². The molecule has 0 saturated carbocycles. The largest absolute Gasteiger partial charge is 0.489 e. The quantitative estimate of drug-likeness (QED) is 0.653. The number of nitrogens with zero attached hydrogens (tertiary/aromatic N) is 3. The molecular weight excluding hydrogens is 414 g/mol. The number of fused-ring (bicyclic) bond motifs is 1. The Kier molecular flexibility index (Phi) is 5.33. The fourth-order valence-corrected chi connectivity index (χ4v) is 5.07. The summed E-state index contributed by atoms with van der Waals surface area (Å²) in [7, 11) is -3.71. The Labute approximate surface area is 181 Å². The van der Waals surface area contributed by atoms with E-state index in [0.29, 0.717) is 42.1 Å². The highest BCUT2D eigenvalue weighted by molar-refractivity contribution is 7.92. The number of aliphatic hydroxyl groups is 1. The van der Waals surface area contributed by atoms with Gasteiger partial charge in [0.05, 0.1) is 22.8 Å². The van der Waals surface area contributed by atoms with Gasteiger partial charge in [-0.2, -0.15) is 5.26 Å². The number of sulfone groups is 1. The van der Waals surface area contributed by atoms with Gasteiger partial charge < -0.3 is 14.7 Å². The molecule has 1 saturated heterocycles. The average molecular weight is 438 g/mol.